The summed E-state index contributed by atoms with van der Waals surface area (Å²) < 4.78 is 0. The average Bonchev–Trinajstić information content (AvgIpc) is 1.25. The molecule has 0 aromatic rings. The fourth-order valence-electron chi connectivity index (χ4n) is 0. The molecule has 0 spiro atoms. The van der Waals surface area contributed by atoms with Crippen LogP contribution in [0.15, 0.2) is 0 Å². The standard InChI is InChI=1S/2Mg.2NO3/c;;2*2-1(3)4/q2*+2;2*-1. The predicted molar refractivity (Wildman–Crippen MR) is 32.2 cm³/mol. The molecule has 0 aromatic heterocycles. The van der Waals surface area contributed by atoms with Crippen LogP contribution in [0.25, 0.3) is 0 Å². The Kier molecular flexibility index (Phi) is 36.0. The van der Waals surface area contributed by atoms with Gasteiger partial charge >= 0.3 is 46.1 Å². The fraction of sp³-hybridized carbons (Fsp3) is 0. The van der Waals surface area contributed by atoms with Gasteiger partial charge in [0.25, 0.3) is 0 Å². The molecule has 8 nitrogen and oxygen atoms in total. The zero-order chi connectivity index (χ0) is 7.15. The number of hydrogen-bond donors (Lipinski definition) is 0. The first kappa shape index (κ1) is 22.5. The van der Waals surface area contributed by atoms with E-state index >= 15 is 0 Å². The van der Waals surface area contributed by atoms with E-state index in [1.807, 2.05) is 0 Å². The molecule has 0 radical (unpaired) electrons. The maximum Gasteiger partial charge on any atom is 2.00 e. The Morgan fingerprint density at radius 1 is 0.700 bits per heavy atom. The van der Waals surface area contributed by atoms with Crippen molar-refractivity contribution in [2.45, 2.75) is 0 Å². The molecule has 0 rings (SSSR count). The molecule has 0 saturated heterocycles. The van der Waals surface area contributed by atoms with E-state index in [-0.39, 0.29) is 46.1 Å². The summed E-state index contributed by atoms with van der Waals surface area (Å²) in [7, 11) is 0. The van der Waals surface area contributed by atoms with Gasteiger partial charge in [0.05, 0.1) is 10.2 Å². The van der Waals surface area contributed by atoms with Gasteiger partial charge in [0.15, 0.2) is 0 Å². The Morgan fingerprint density at radius 2 is 0.700 bits per heavy atom. The second kappa shape index (κ2) is 16.0. The quantitative estimate of drug-likeness (QED) is 0.255. The van der Waals surface area contributed by atoms with E-state index in [2.05, 4.69) is 0 Å². The van der Waals surface area contributed by atoms with Gasteiger partial charge < -0.3 is 30.6 Å². The van der Waals surface area contributed by atoms with Crippen LogP contribution < -0.4 is 0 Å². The summed E-state index contributed by atoms with van der Waals surface area (Å²) in [5.74, 6) is 0. The van der Waals surface area contributed by atoms with Crippen LogP contribution in [0.5, 0.6) is 0 Å². The van der Waals surface area contributed by atoms with Crippen molar-refractivity contribution in [3.8, 4) is 0 Å². The van der Waals surface area contributed by atoms with Crippen LogP contribution in [0.2, 0.25) is 0 Å². The van der Waals surface area contributed by atoms with Gasteiger partial charge in [0.2, 0.25) is 0 Å². The summed E-state index contributed by atoms with van der Waals surface area (Å²) in [4.78, 5) is 16.5. The van der Waals surface area contributed by atoms with Crippen LogP contribution in [0.4, 0.5) is 0 Å². The minimum Gasteiger partial charge on any atom is -0.356 e. The average molecular weight is 173 g/mol. The SMILES string of the molecule is O=[N+]([O-])[O-].O=[N+]([O-])[O-].[Mg+2].[Mg+2]. The molecular weight excluding hydrogens is 173 g/mol. The third-order valence-corrected chi connectivity index (χ3v) is 0. The molecule has 0 amide bonds. The molecule has 10 heavy (non-hydrogen) atoms. The molecule has 0 fully saturated rings. The van der Waals surface area contributed by atoms with Gasteiger partial charge in [-0.05, 0) is 0 Å². The van der Waals surface area contributed by atoms with E-state index in [1.165, 1.54) is 0 Å². The molecule has 0 aromatic carbocycles. The number of nitrogens with zero attached hydrogens (tertiary/aromatic N) is 2. The predicted octanol–water partition coefficient (Wildman–Crippen LogP) is -1.24. The van der Waals surface area contributed by atoms with E-state index in [4.69, 9.17) is 30.6 Å². The molecular formula is Mg2N2O6+2. The summed E-state index contributed by atoms with van der Waals surface area (Å²) in [6.45, 7) is 0. The Hall–Kier alpha value is -0.0675. The summed E-state index contributed by atoms with van der Waals surface area (Å²) in [5.41, 5.74) is 0. The van der Waals surface area contributed by atoms with Gasteiger partial charge in [-0.25, -0.2) is 0 Å². The van der Waals surface area contributed by atoms with E-state index in [0.29, 0.717) is 0 Å². The van der Waals surface area contributed by atoms with Gasteiger partial charge in [0.1, 0.15) is 0 Å². The first-order valence-electron chi connectivity index (χ1n) is 1.10. The Bertz CT molecular complexity index is 71.7. The van der Waals surface area contributed by atoms with Crippen LogP contribution >= 0.6 is 0 Å². The fourth-order valence-corrected chi connectivity index (χ4v) is 0. The molecule has 0 bridgehead atoms. The molecule has 48 valence electrons. The third kappa shape index (κ3) is 83600. The molecule has 10 heteroatoms. The minimum atomic E-state index is -1.75. The first-order chi connectivity index (χ1) is 3.46. The van der Waals surface area contributed by atoms with Gasteiger partial charge in [-0.2, -0.15) is 0 Å². The molecule has 0 N–H and O–H groups in total. The summed E-state index contributed by atoms with van der Waals surface area (Å²) in [6.07, 6.45) is 0. The zero-order valence-electron chi connectivity index (χ0n) is 4.76. The van der Waals surface area contributed by atoms with E-state index in [0.717, 1.165) is 0 Å². The van der Waals surface area contributed by atoms with Gasteiger partial charge in [0, 0.05) is 0 Å². The van der Waals surface area contributed by atoms with E-state index < -0.39 is 10.2 Å². The Balaban J connectivity index is -0.0000000300. The van der Waals surface area contributed by atoms with Crippen LogP contribution in [-0.2, 0) is 0 Å². The molecule has 0 unspecified atom stereocenters. The smallest absolute Gasteiger partial charge is 0.356 e. The maximum atomic E-state index is 8.25. The van der Waals surface area contributed by atoms with Crippen LogP contribution in [0, 0.1) is 30.6 Å². The summed E-state index contributed by atoms with van der Waals surface area (Å²) >= 11 is 0. The van der Waals surface area contributed by atoms with Crippen molar-refractivity contribution in [1.82, 2.24) is 0 Å². The second-order valence-electron chi connectivity index (χ2n) is 0.447. The normalized spacial score (nSPS) is 4.80. The molecule has 0 saturated carbocycles. The molecule has 0 atom stereocenters. The monoisotopic (exact) mass is 172 g/mol. The first-order valence-corrected chi connectivity index (χ1v) is 1.10. The number of rotatable bonds is 0. The van der Waals surface area contributed by atoms with Crippen molar-refractivity contribution in [3.05, 3.63) is 30.6 Å². The van der Waals surface area contributed by atoms with Crippen molar-refractivity contribution in [2.75, 3.05) is 0 Å². The molecule has 0 aliphatic rings. The van der Waals surface area contributed by atoms with Crippen molar-refractivity contribution in [2.24, 2.45) is 0 Å². The van der Waals surface area contributed by atoms with E-state index in [9.17, 15) is 0 Å². The van der Waals surface area contributed by atoms with Crippen molar-refractivity contribution >= 4 is 46.1 Å². The second-order valence-corrected chi connectivity index (χ2v) is 0.447. The summed E-state index contributed by atoms with van der Waals surface area (Å²) in [5, 5.41) is 29.5. The van der Waals surface area contributed by atoms with Crippen molar-refractivity contribution < 1.29 is 10.2 Å². The van der Waals surface area contributed by atoms with Gasteiger partial charge in [-0.1, -0.05) is 0 Å². The maximum absolute atomic E-state index is 8.25. The van der Waals surface area contributed by atoms with Gasteiger partial charge in [-0.15, -0.1) is 0 Å². The van der Waals surface area contributed by atoms with E-state index in [1.54, 1.807) is 0 Å². The Labute approximate surface area is 86.7 Å². The zero-order valence-corrected chi connectivity index (χ0v) is 7.59. The largest absolute Gasteiger partial charge is 2.00 e. The number of hydrogen-bond acceptors (Lipinski definition) is 6. The summed E-state index contributed by atoms with van der Waals surface area (Å²) in [6, 6.07) is 0. The van der Waals surface area contributed by atoms with Crippen molar-refractivity contribution in [1.29, 1.82) is 0 Å². The third-order valence-electron chi connectivity index (χ3n) is 0. The van der Waals surface area contributed by atoms with Crippen LogP contribution in [0.1, 0.15) is 0 Å². The molecule has 0 aliphatic heterocycles. The molecule has 0 heterocycles. The molecule has 0 aliphatic carbocycles. The van der Waals surface area contributed by atoms with Gasteiger partial charge in [-0.3, -0.25) is 0 Å². The van der Waals surface area contributed by atoms with Crippen LogP contribution in [0.3, 0.4) is 0 Å². The van der Waals surface area contributed by atoms with Crippen LogP contribution in [-0.4, -0.2) is 56.3 Å². The Morgan fingerprint density at radius 3 is 0.700 bits per heavy atom. The van der Waals surface area contributed by atoms with Crippen molar-refractivity contribution in [3.63, 3.8) is 0 Å². The minimum absolute atomic E-state index is 0. The topological polar surface area (TPSA) is 132 Å².